The van der Waals surface area contributed by atoms with Gasteiger partial charge in [0.1, 0.15) is 18.1 Å². The summed E-state index contributed by atoms with van der Waals surface area (Å²) in [6.07, 6.45) is -0.633. The molecule has 0 bridgehead atoms. The average molecular weight is 421 g/mol. The van der Waals surface area contributed by atoms with Gasteiger partial charge in [0.05, 0.1) is 11.4 Å². The van der Waals surface area contributed by atoms with Crippen LogP contribution >= 0.6 is 0 Å². The van der Waals surface area contributed by atoms with E-state index in [1.807, 2.05) is 32.0 Å². The van der Waals surface area contributed by atoms with Crippen molar-refractivity contribution in [3.8, 4) is 11.5 Å². The lowest BCUT2D eigenvalue weighted by Crippen LogP contribution is -2.38. The minimum Gasteiger partial charge on any atom is -0.492 e. The van der Waals surface area contributed by atoms with E-state index >= 15 is 0 Å². The Hall–Kier alpha value is -2.58. The van der Waals surface area contributed by atoms with Crippen molar-refractivity contribution in [2.24, 2.45) is 0 Å². The van der Waals surface area contributed by atoms with Crippen molar-refractivity contribution in [1.29, 1.82) is 0 Å². The highest BCUT2D eigenvalue weighted by Crippen LogP contribution is 2.22. The molecule has 0 aliphatic heterocycles. The summed E-state index contributed by atoms with van der Waals surface area (Å²) in [6, 6.07) is 11.9. The first-order chi connectivity index (χ1) is 13.6. The summed E-state index contributed by atoms with van der Waals surface area (Å²) >= 11 is 0. The summed E-state index contributed by atoms with van der Waals surface area (Å²) in [4.78, 5) is 12.4. The summed E-state index contributed by atoms with van der Waals surface area (Å²) in [5.74, 6) is 0.982. The van der Waals surface area contributed by atoms with E-state index in [0.29, 0.717) is 18.0 Å². The lowest BCUT2D eigenvalue weighted by atomic mass is 10.1. The van der Waals surface area contributed by atoms with Crippen LogP contribution in [0.25, 0.3) is 0 Å². The number of ether oxygens (including phenoxy) is 2. The Balaban J connectivity index is 1.79. The van der Waals surface area contributed by atoms with Crippen LogP contribution in [0.3, 0.4) is 0 Å². The minimum atomic E-state index is -3.46. The number of rotatable bonds is 9. The van der Waals surface area contributed by atoms with Gasteiger partial charge >= 0.3 is 0 Å². The van der Waals surface area contributed by atoms with E-state index in [0.717, 1.165) is 15.4 Å². The standard InChI is InChI=1S/C21H28N2O5S/c1-15-7-6-8-20(16(15)2)28-17(3)21(24)22-13-14-27-18-9-11-19(12-10-18)29(25,26)23(4)5/h6-12,17H,13-14H2,1-5H3,(H,22,24)/t17-/m1/s1. The molecule has 0 heterocycles. The van der Waals surface area contributed by atoms with E-state index in [-0.39, 0.29) is 17.4 Å². The van der Waals surface area contributed by atoms with E-state index < -0.39 is 16.1 Å². The number of nitrogens with zero attached hydrogens (tertiary/aromatic N) is 1. The normalized spacial score (nSPS) is 12.5. The van der Waals surface area contributed by atoms with Crippen LogP contribution in [0.4, 0.5) is 0 Å². The molecule has 0 aliphatic rings. The van der Waals surface area contributed by atoms with Gasteiger partial charge in [-0.05, 0) is 62.2 Å². The highest BCUT2D eigenvalue weighted by molar-refractivity contribution is 7.89. The van der Waals surface area contributed by atoms with Crippen LogP contribution in [-0.2, 0) is 14.8 Å². The number of hydrogen-bond donors (Lipinski definition) is 1. The van der Waals surface area contributed by atoms with E-state index in [9.17, 15) is 13.2 Å². The fourth-order valence-corrected chi connectivity index (χ4v) is 3.40. The van der Waals surface area contributed by atoms with Crippen molar-refractivity contribution < 1.29 is 22.7 Å². The molecule has 2 rings (SSSR count). The Bertz CT molecular complexity index is 940. The lowest BCUT2D eigenvalue weighted by Gasteiger charge is -2.17. The Morgan fingerprint density at radius 1 is 1.10 bits per heavy atom. The molecule has 2 aromatic carbocycles. The molecule has 0 fully saturated rings. The van der Waals surface area contributed by atoms with Gasteiger partial charge < -0.3 is 14.8 Å². The molecule has 2 aromatic rings. The smallest absolute Gasteiger partial charge is 0.260 e. The van der Waals surface area contributed by atoms with Crippen molar-refractivity contribution in [3.05, 3.63) is 53.6 Å². The van der Waals surface area contributed by atoms with Crippen molar-refractivity contribution in [2.75, 3.05) is 27.2 Å². The SMILES string of the molecule is Cc1cccc(O[C@H](C)C(=O)NCCOc2ccc(S(=O)(=O)N(C)C)cc2)c1C. The topological polar surface area (TPSA) is 84.9 Å². The molecular formula is C21H28N2O5S. The zero-order chi connectivity index (χ0) is 21.6. The summed E-state index contributed by atoms with van der Waals surface area (Å²) in [5, 5.41) is 2.77. The molecule has 1 amide bonds. The highest BCUT2D eigenvalue weighted by atomic mass is 32.2. The molecule has 0 aliphatic carbocycles. The van der Waals surface area contributed by atoms with Crippen LogP contribution in [0.1, 0.15) is 18.1 Å². The molecule has 8 heteroatoms. The van der Waals surface area contributed by atoms with Crippen molar-refractivity contribution in [1.82, 2.24) is 9.62 Å². The number of sulfonamides is 1. The Morgan fingerprint density at radius 3 is 2.38 bits per heavy atom. The number of carbonyl (C=O) groups excluding carboxylic acids is 1. The Labute approximate surface area is 172 Å². The number of aryl methyl sites for hydroxylation is 1. The number of hydrogen-bond acceptors (Lipinski definition) is 5. The fraction of sp³-hybridized carbons (Fsp3) is 0.381. The molecule has 0 aromatic heterocycles. The van der Waals surface area contributed by atoms with Crippen LogP contribution in [0.15, 0.2) is 47.4 Å². The number of benzene rings is 2. The van der Waals surface area contributed by atoms with Gasteiger partial charge in [0.25, 0.3) is 5.91 Å². The second-order valence-corrected chi connectivity index (χ2v) is 9.01. The molecule has 7 nitrogen and oxygen atoms in total. The first-order valence-electron chi connectivity index (χ1n) is 9.29. The Morgan fingerprint density at radius 2 is 1.76 bits per heavy atom. The molecule has 158 valence electrons. The predicted octanol–water partition coefficient (Wildman–Crippen LogP) is 2.52. The molecule has 1 N–H and O–H groups in total. The van der Waals surface area contributed by atoms with Crippen LogP contribution in [0, 0.1) is 13.8 Å². The maximum absolute atomic E-state index is 12.2. The fourth-order valence-electron chi connectivity index (χ4n) is 2.50. The summed E-state index contributed by atoms with van der Waals surface area (Å²) in [6.45, 7) is 6.20. The largest absolute Gasteiger partial charge is 0.492 e. The number of amides is 1. The van der Waals surface area contributed by atoms with E-state index in [4.69, 9.17) is 9.47 Å². The third kappa shape index (κ3) is 5.95. The number of nitrogens with one attached hydrogen (secondary N) is 1. The molecule has 0 saturated heterocycles. The van der Waals surface area contributed by atoms with Crippen molar-refractivity contribution >= 4 is 15.9 Å². The minimum absolute atomic E-state index is 0.195. The van der Waals surface area contributed by atoms with Gasteiger partial charge in [-0.2, -0.15) is 0 Å². The zero-order valence-corrected chi connectivity index (χ0v) is 18.2. The summed E-state index contributed by atoms with van der Waals surface area (Å²) in [7, 11) is -0.505. The van der Waals surface area contributed by atoms with Crippen LogP contribution in [0.5, 0.6) is 11.5 Å². The molecule has 0 spiro atoms. The second-order valence-electron chi connectivity index (χ2n) is 6.86. The lowest BCUT2D eigenvalue weighted by molar-refractivity contribution is -0.127. The van der Waals surface area contributed by atoms with Crippen LogP contribution in [0.2, 0.25) is 0 Å². The van der Waals surface area contributed by atoms with Gasteiger partial charge in [0.15, 0.2) is 6.10 Å². The van der Waals surface area contributed by atoms with E-state index in [1.54, 1.807) is 19.1 Å². The third-order valence-corrected chi connectivity index (χ3v) is 6.33. The monoisotopic (exact) mass is 420 g/mol. The van der Waals surface area contributed by atoms with Crippen LogP contribution in [-0.4, -0.2) is 52.0 Å². The molecular weight excluding hydrogens is 392 g/mol. The van der Waals surface area contributed by atoms with Crippen LogP contribution < -0.4 is 14.8 Å². The molecule has 1 atom stereocenters. The number of carbonyl (C=O) groups is 1. The molecule has 0 radical (unpaired) electrons. The van der Waals surface area contributed by atoms with Gasteiger partial charge in [-0.15, -0.1) is 0 Å². The third-order valence-electron chi connectivity index (χ3n) is 4.50. The highest BCUT2D eigenvalue weighted by Gasteiger charge is 2.17. The molecule has 0 saturated carbocycles. The second kappa shape index (κ2) is 9.76. The quantitative estimate of drug-likeness (QED) is 0.630. The first-order valence-corrected chi connectivity index (χ1v) is 10.7. The molecule has 0 unspecified atom stereocenters. The summed E-state index contributed by atoms with van der Waals surface area (Å²) in [5.41, 5.74) is 2.11. The first kappa shape index (κ1) is 22.7. The van der Waals surface area contributed by atoms with Crippen molar-refractivity contribution in [2.45, 2.75) is 31.8 Å². The zero-order valence-electron chi connectivity index (χ0n) is 17.4. The summed E-state index contributed by atoms with van der Waals surface area (Å²) < 4.78 is 36.5. The Kier molecular flexibility index (Phi) is 7.64. The average Bonchev–Trinajstić information content (AvgIpc) is 2.68. The van der Waals surface area contributed by atoms with Gasteiger partial charge in [0, 0.05) is 14.1 Å². The predicted molar refractivity (Wildman–Crippen MR) is 112 cm³/mol. The van der Waals surface area contributed by atoms with Gasteiger partial charge in [0.2, 0.25) is 10.0 Å². The molecule has 29 heavy (non-hydrogen) atoms. The van der Waals surface area contributed by atoms with Crippen molar-refractivity contribution in [3.63, 3.8) is 0 Å². The van der Waals surface area contributed by atoms with Gasteiger partial charge in [-0.1, -0.05) is 12.1 Å². The van der Waals surface area contributed by atoms with Gasteiger partial charge in [-0.3, -0.25) is 4.79 Å². The maximum atomic E-state index is 12.2. The van der Waals surface area contributed by atoms with Gasteiger partial charge in [-0.25, -0.2) is 12.7 Å². The van der Waals surface area contributed by atoms with E-state index in [2.05, 4.69) is 5.32 Å². The van der Waals surface area contributed by atoms with E-state index in [1.165, 1.54) is 26.2 Å². The maximum Gasteiger partial charge on any atom is 0.260 e.